The minimum absolute atomic E-state index is 0.0684. The summed E-state index contributed by atoms with van der Waals surface area (Å²) in [6, 6.07) is 5.30. The van der Waals surface area contributed by atoms with Crippen LogP contribution in [0.2, 0.25) is 0 Å². The van der Waals surface area contributed by atoms with E-state index in [1.54, 1.807) is 19.1 Å². The number of aryl methyl sites for hydroxylation is 1. The van der Waals surface area contributed by atoms with Crippen LogP contribution in [0.5, 0.6) is 0 Å². The smallest absolute Gasteiger partial charge is 0.295 e. The predicted octanol–water partition coefficient (Wildman–Crippen LogP) is 1.65. The van der Waals surface area contributed by atoms with Crippen LogP contribution in [0, 0.1) is 17.0 Å². The van der Waals surface area contributed by atoms with Crippen molar-refractivity contribution in [2.45, 2.75) is 13.0 Å². The van der Waals surface area contributed by atoms with Crippen molar-refractivity contribution in [3.05, 3.63) is 33.9 Å². The summed E-state index contributed by atoms with van der Waals surface area (Å²) in [6.45, 7) is 4.80. The van der Waals surface area contributed by atoms with Crippen molar-refractivity contribution in [3.8, 4) is 0 Å². The van der Waals surface area contributed by atoms with Gasteiger partial charge in [0.2, 0.25) is 0 Å². The molecule has 2 rings (SSSR count). The molecule has 0 aromatic heterocycles. The Morgan fingerprint density at radius 2 is 2.37 bits per heavy atom. The molecule has 1 unspecified atom stereocenters. The Hall–Kier alpha value is -1.66. The summed E-state index contributed by atoms with van der Waals surface area (Å²) in [6.07, 6.45) is 0.0684. The number of nitrogens with one attached hydrogen (secondary N) is 1. The number of nitro benzene ring substituents is 1. The van der Waals surface area contributed by atoms with Gasteiger partial charge in [0, 0.05) is 25.2 Å². The van der Waals surface area contributed by atoms with Crippen molar-refractivity contribution in [2.24, 2.45) is 0 Å². The summed E-state index contributed by atoms with van der Waals surface area (Å²) in [4.78, 5) is 12.9. The molecule has 0 bridgehead atoms. The quantitative estimate of drug-likeness (QED) is 0.662. The van der Waals surface area contributed by atoms with Crippen LogP contribution >= 0.6 is 0 Å². The number of benzene rings is 1. The molecule has 1 saturated heterocycles. The lowest BCUT2D eigenvalue weighted by atomic mass is 10.1. The Morgan fingerprint density at radius 1 is 1.58 bits per heavy atom. The number of para-hydroxylation sites is 1. The summed E-state index contributed by atoms with van der Waals surface area (Å²) in [5.41, 5.74) is 1.37. The monoisotopic (exact) mass is 265 g/mol. The van der Waals surface area contributed by atoms with Crippen LogP contribution in [0.15, 0.2) is 18.2 Å². The maximum Gasteiger partial charge on any atom is 0.295 e. The molecule has 1 heterocycles. The third-order valence-electron chi connectivity index (χ3n) is 3.28. The highest BCUT2D eigenvalue weighted by Crippen LogP contribution is 2.27. The number of nitro groups is 1. The number of ether oxygens (including phenoxy) is 1. The number of hydrogen-bond acceptors (Lipinski definition) is 5. The normalized spacial score (nSPS) is 20.2. The molecule has 0 amide bonds. The molecule has 0 aliphatic carbocycles. The van der Waals surface area contributed by atoms with Gasteiger partial charge >= 0.3 is 0 Å². The Morgan fingerprint density at radius 3 is 3.05 bits per heavy atom. The van der Waals surface area contributed by atoms with Gasteiger partial charge in [0.1, 0.15) is 5.69 Å². The van der Waals surface area contributed by atoms with Crippen LogP contribution in [0.4, 0.5) is 11.4 Å². The standard InChI is InChI=1S/C13H19N3O3/c1-10-4-3-5-12(13(10)16(17)18)14-8-11-9-15(2)6-7-19-11/h3-5,11,14H,6-9H2,1-2H3. The number of nitrogens with zero attached hydrogens (tertiary/aromatic N) is 2. The predicted molar refractivity (Wildman–Crippen MR) is 73.6 cm³/mol. The van der Waals surface area contributed by atoms with Crippen LogP contribution in [0.3, 0.4) is 0 Å². The molecule has 0 radical (unpaired) electrons. The molecule has 0 saturated carbocycles. The number of morpholine rings is 1. The van der Waals surface area contributed by atoms with Gasteiger partial charge in [0.25, 0.3) is 5.69 Å². The molecule has 19 heavy (non-hydrogen) atoms. The van der Waals surface area contributed by atoms with E-state index in [0.717, 1.165) is 13.1 Å². The minimum Gasteiger partial charge on any atom is -0.377 e. The second kappa shape index (κ2) is 5.99. The van der Waals surface area contributed by atoms with Gasteiger partial charge in [-0.05, 0) is 20.0 Å². The molecule has 1 fully saturated rings. The Balaban J connectivity index is 2.03. The average molecular weight is 265 g/mol. The summed E-state index contributed by atoms with van der Waals surface area (Å²) < 4.78 is 5.63. The first-order valence-corrected chi connectivity index (χ1v) is 6.36. The van der Waals surface area contributed by atoms with Gasteiger partial charge in [0.05, 0.1) is 17.6 Å². The first-order valence-electron chi connectivity index (χ1n) is 6.36. The highest BCUT2D eigenvalue weighted by molar-refractivity contribution is 5.65. The topological polar surface area (TPSA) is 67.6 Å². The van der Waals surface area contributed by atoms with E-state index in [-0.39, 0.29) is 16.7 Å². The molecule has 1 N–H and O–H groups in total. The first-order chi connectivity index (χ1) is 9.08. The number of anilines is 1. The third kappa shape index (κ3) is 3.42. The zero-order chi connectivity index (χ0) is 13.8. The maximum atomic E-state index is 11.1. The van der Waals surface area contributed by atoms with Crippen molar-refractivity contribution in [2.75, 3.05) is 38.6 Å². The van der Waals surface area contributed by atoms with Crippen molar-refractivity contribution in [1.29, 1.82) is 0 Å². The molecule has 1 aromatic rings. The zero-order valence-electron chi connectivity index (χ0n) is 11.3. The fourth-order valence-corrected chi connectivity index (χ4v) is 2.26. The first kappa shape index (κ1) is 13.8. The van der Waals surface area contributed by atoms with Gasteiger partial charge in [-0.25, -0.2) is 0 Å². The fourth-order valence-electron chi connectivity index (χ4n) is 2.26. The number of likely N-dealkylation sites (N-methyl/N-ethyl adjacent to an activating group) is 1. The highest BCUT2D eigenvalue weighted by Gasteiger charge is 2.20. The summed E-state index contributed by atoms with van der Waals surface area (Å²) in [5.74, 6) is 0. The molecule has 6 nitrogen and oxygen atoms in total. The average Bonchev–Trinajstić information content (AvgIpc) is 2.36. The van der Waals surface area contributed by atoms with Crippen LogP contribution in [-0.2, 0) is 4.74 Å². The second-order valence-corrected chi connectivity index (χ2v) is 4.86. The molecule has 1 aliphatic rings. The molecule has 0 spiro atoms. The van der Waals surface area contributed by atoms with Gasteiger partial charge in [-0.2, -0.15) is 0 Å². The Labute approximate surface area is 112 Å². The van der Waals surface area contributed by atoms with Gasteiger partial charge in [-0.3, -0.25) is 10.1 Å². The van der Waals surface area contributed by atoms with Crippen LogP contribution in [0.1, 0.15) is 5.56 Å². The van der Waals surface area contributed by atoms with E-state index in [9.17, 15) is 10.1 Å². The Bertz CT molecular complexity index is 464. The number of rotatable bonds is 4. The third-order valence-corrected chi connectivity index (χ3v) is 3.28. The van der Waals surface area contributed by atoms with E-state index in [1.165, 1.54) is 0 Å². The van der Waals surface area contributed by atoms with E-state index in [0.29, 0.717) is 24.4 Å². The minimum atomic E-state index is -0.342. The van der Waals surface area contributed by atoms with Crippen LogP contribution in [-0.4, -0.2) is 49.2 Å². The molecule has 1 atom stereocenters. The molecule has 1 aliphatic heterocycles. The summed E-state index contributed by atoms with van der Waals surface area (Å²) in [5, 5.41) is 14.2. The van der Waals surface area contributed by atoms with Gasteiger partial charge in [-0.15, -0.1) is 0 Å². The van der Waals surface area contributed by atoms with Crippen LogP contribution in [0.25, 0.3) is 0 Å². The van der Waals surface area contributed by atoms with E-state index in [4.69, 9.17) is 4.74 Å². The van der Waals surface area contributed by atoms with Gasteiger partial charge < -0.3 is 15.0 Å². The lowest BCUT2D eigenvalue weighted by molar-refractivity contribution is -0.384. The number of hydrogen-bond donors (Lipinski definition) is 1. The van der Waals surface area contributed by atoms with Crippen molar-refractivity contribution < 1.29 is 9.66 Å². The zero-order valence-corrected chi connectivity index (χ0v) is 11.3. The molecular formula is C13H19N3O3. The maximum absolute atomic E-state index is 11.1. The molecule has 1 aromatic carbocycles. The highest BCUT2D eigenvalue weighted by atomic mass is 16.6. The molecule has 104 valence electrons. The lowest BCUT2D eigenvalue weighted by Gasteiger charge is -2.30. The van der Waals surface area contributed by atoms with Crippen molar-refractivity contribution in [3.63, 3.8) is 0 Å². The van der Waals surface area contributed by atoms with Gasteiger partial charge in [0.15, 0.2) is 0 Å². The summed E-state index contributed by atoms with van der Waals surface area (Å²) in [7, 11) is 2.05. The van der Waals surface area contributed by atoms with Crippen molar-refractivity contribution in [1.82, 2.24) is 4.90 Å². The van der Waals surface area contributed by atoms with E-state index in [2.05, 4.69) is 10.2 Å². The largest absolute Gasteiger partial charge is 0.377 e. The SMILES string of the molecule is Cc1cccc(NCC2CN(C)CCO2)c1[N+](=O)[O-]. The molecule has 6 heteroatoms. The van der Waals surface area contributed by atoms with Gasteiger partial charge in [-0.1, -0.05) is 12.1 Å². The molecular weight excluding hydrogens is 246 g/mol. The summed E-state index contributed by atoms with van der Waals surface area (Å²) >= 11 is 0. The lowest BCUT2D eigenvalue weighted by Crippen LogP contribution is -2.43. The van der Waals surface area contributed by atoms with Crippen molar-refractivity contribution >= 4 is 11.4 Å². The van der Waals surface area contributed by atoms with Crippen LogP contribution < -0.4 is 5.32 Å². The van der Waals surface area contributed by atoms with E-state index < -0.39 is 0 Å². The van der Waals surface area contributed by atoms with E-state index in [1.807, 2.05) is 13.1 Å². The fraction of sp³-hybridized carbons (Fsp3) is 0.538. The van der Waals surface area contributed by atoms with E-state index >= 15 is 0 Å². The second-order valence-electron chi connectivity index (χ2n) is 4.86. The Kier molecular flexibility index (Phi) is 4.34.